The van der Waals surface area contributed by atoms with Crippen molar-refractivity contribution < 1.29 is 31.2 Å². The van der Waals surface area contributed by atoms with Crippen LogP contribution in [0.4, 0.5) is 18.9 Å². The summed E-state index contributed by atoms with van der Waals surface area (Å²) >= 11 is 6.19. The van der Waals surface area contributed by atoms with Crippen molar-refractivity contribution in [1.82, 2.24) is 4.72 Å². The Labute approximate surface area is 199 Å². The van der Waals surface area contributed by atoms with Gasteiger partial charge in [-0.05, 0) is 24.1 Å². The second kappa shape index (κ2) is 9.75. The molecule has 34 heavy (non-hydrogen) atoms. The highest BCUT2D eigenvalue weighted by atomic mass is 35.5. The molecular formula is C22H21ClF3N3O4S. The molecular weight excluding hydrogens is 495 g/mol. The van der Waals surface area contributed by atoms with Crippen LogP contribution in [-0.2, 0) is 19.6 Å². The van der Waals surface area contributed by atoms with Gasteiger partial charge in [0, 0.05) is 16.1 Å². The Kier molecular flexibility index (Phi) is 7.37. The number of amides is 2. The van der Waals surface area contributed by atoms with E-state index in [0.29, 0.717) is 28.3 Å². The van der Waals surface area contributed by atoms with E-state index < -0.39 is 39.9 Å². The van der Waals surface area contributed by atoms with Crippen LogP contribution in [0.25, 0.3) is 0 Å². The van der Waals surface area contributed by atoms with E-state index in [1.54, 1.807) is 37.3 Å². The van der Waals surface area contributed by atoms with Gasteiger partial charge in [-0.15, -0.1) is 0 Å². The van der Waals surface area contributed by atoms with Crippen molar-refractivity contribution in [1.29, 1.82) is 0 Å². The fourth-order valence-corrected chi connectivity index (χ4v) is 4.09. The number of rotatable bonds is 6. The van der Waals surface area contributed by atoms with Gasteiger partial charge in [0.15, 0.2) is 0 Å². The van der Waals surface area contributed by atoms with E-state index in [-0.39, 0.29) is 11.6 Å². The van der Waals surface area contributed by atoms with E-state index in [0.717, 1.165) is 9.62 Å². The highest BCUT2D eigenvalue weighted by Crippen LogP contribution is 2.33. The van der Waals surface area contributed by atoms with Gasteiger partial charge in [-0.25, -0.2) is 4.72 Å². The maximum absolute atomic E-state index is 13.5. The van der Waals surface area contributed by atoms with Gasteiger partial charge in [-0.2, -0.15) is 21.6 Å². The van der Waals surface area contributed by atoms with Gasteiger partial charge >= 0.3 is 15.5 Å². The molecule has 1 aliphatic heterocycles. The number of fused-ring (bicyclic) bond motifs is 1. The zero-order valence-electron chi connectivity index (χ0n) is 18.1. The molecule has 1 N–H and O–H groups in total. The number of benzodiazepines with no additional fused rings is 1. The number of alkyl halides is 3. The molecule has 0 saturated heterocycles. The van der Waals surface area contributed by atoms with Crippen LogP contribution in [-0.4, -0.2) is 44.0 Å². The van der Waals surface area contributed by atoms with E-state index in [2.05, 4.69) is 4.99 Å². The molecule has 0 fully saturated rings. The highest BCUT2D eigenvalue weighted by molar-refractivity contribution is 7.90. The third-order valence-electron chi connectivity index (χ3n) is 5.38. The SMILES string of the molecule is CC[C@H](C)C1N=C(c2ccccc2)c2cc(Cl)ccc2N(CC(=O)NS(=O)(=O)C(F)(F)F)C1=O. The molecule has 0 spiro atoms. The summed E-state index contributed by atoms with van der Waals surface area (Å²) in [6, 6.07) is 12.4. The number of carbonyl (C=O) groups is 2. The molecule has 182 valence electrons. The predicted octanol–water partition coefficient (Wildman–Crippen LogP) is 3.90. The van der Waals surface area contributed by atoms with Crippen molar-refractivity contribution in [2.75, 3.05) is 11.4 Å². The molecule has 3 rings (SSSR count). The molecule has 2 aromatic rings. The van der Waals surface area contributed by atoms with Gasteiger partial charge in [0.25, 0.3) is 11.8 Å². The lowest BCUT2D eigenvalue weighted by Gasteiger charge is -2.26. The number of halogens is 4. The third kappa shape index (κ3) is 5.25. The molecule has 1 unspecified atom stereocenters. The minimum Gasteiger partial charge on any atom is -0.300 e. The molecule has 2 aromatic carbocycles. The van der Waals surface area contributed by atoms with Crippen LogP contribution in [0.1, 0.15) is 31.4 Å². The summed E-state index contributed by atoms with van der Waals surface area (Å²) in [4.78, 5) is 31.5. The van der Waals surface area contributed by atoms with E-state index in [4.69, 9.17) is 11.6 Å². The van der Waals surface area contributed by atoms with Crippen molar-refractivity contribution in [3.8, 4) is 0 Å². The maximum atomic E-state index is 13.5. The Morgan fingerprint density at radius 2 is 1.85 bits per heavy atom. The third-order valence-corrected chi connectivity index (χ3v) is 6.72. The number of hydrogen-bond donors (Lipinski definition) is 1. The normalized spacial score (nSPS) is 17.5. The molecule has 1 aliphatic rings. The number of nitrogens with one attached hydrogen (secondary N) is 1. The number of nitrogens with zero attached hydrogens (tertiary/aromatic N) is 2. The maximum Gasteiger partial charge on any atom is 0.516 e. The van der Waals surface area contributed by atoms with E-state index in [1.807, 2.05) is 6.92 Å². The van der Waals surface area contributed by atoms with Gasteiger partial charge < -0.3 is 4.90 Å². The van der Waals surface area contributed by atoms with E-state index >= 15 is 0 Å². The molecule has 0 aromatic heterocycles. The Balaban J connectivity index is 2.13. The predicted molar refractivity (Wildman–Crippen MR) is 122 cm³/mol. The number of sulfonamides is 1. The van der Waals surface area contributed by atoms with Crippen molar-refractivity contribution >= 4 is 44.8 Å². The molecule has 0 saturated carbocycles. The summed E-state index contributed by atoms with van der Waals surface area (Å²) in [5.41, 5.74) is -4.05. The van der Waals surface area contributed by atoms with Gasteiger partial charge in [-0.3, -0.25) is 14.6 Å². The fraction of sp³-hybridized carbons (Fsp3) is 0.318. The molecule has 1 heterocycles. The van der Waals surface area contributed by atoms with Crippen molar-refractivity contribution in [2.24, 2.45) is 10.9 Å². The first-order valence-electron chi connectivity index (χ1n) is 10.2. The van der Waals surface area contributed by atoms with Crippen molar-refractivity contribution in [3.05, 3.63) is 64.7 Å². The largest absolute Gasteiger partial charge is 0.516 e. The average molecular weight is 516 g/mol. The Morgan fingerprint density at radius 3 is 2.44 bits per heavy atom. The van der Waals surface area contributed by atoms with Crippen LogP contribution < -0.4 is 9.62 Å². The molecule has 7 nitrogen and oxygen atoms in total. The number of anilines is 1. The molecule has 2 atom stereocenters. The molecule has 0 aliphatic carbocycles. The Hall–Kier alpha value is -2.92. The summed E-state index contributed by atoms with van der Waals surface area (Å²) in [6.45, 7) is 2.66. The number of hydrogen-bond acceptors (Lipinski definition) is 5. The topological polar surface area (TPSA) is 95.9 Å². The van der Waals surface area contributed by atoms with E-state index in [1.165, 1.54) is 18.2 Å². The van der Waals surface area contributed by atoms with Crippen LogP contribution in [0.3, 0.4) is 0 Å². The van der Waals surface area contributed by atoms with Crippen LogP contribution >= 0.6 is 11.6 Å². The average Bonchev–Trinajstić information content (AvgIpc) is 2.87. The smallest absolute Gasteiger partial charge is 0.300 e. The van der Waals surface area contributed by atoms with Crippen molar-refractivity contribution in [2.45, 2.75) is 31.8 Å². The summed E-state index contributed by atoms with van der Waals surface area (Å²) in [6.07, 6.45) is 0.543. The molecule has 2 amide bonds. The van der Waals surface area contributed by atoms with Crippen LogP contribution in [0, 0.1) is 5.92 Å². The zero-order valence-corrected chi connectivity index (χ0v) is 19.7. The van der Waals surface area contributed by atoms with Gasteiger partial charge in [0.2, 0.25) is 0 Å². The first-order chi connectivity index (χ1) is 15.9. The first-order valence-corrected chi connectivity index (χ1v) is 12.1. The Morgan fingerprint density at radius 1 is 1.21 bits per heavy atom. The van der Waals surface area contributed by atoms with Gasteiger partial charge in [0.05, 0.1) is 11.4 Å². The van der Waals surface area contributed by atoms with Crippen molar-refractivity contribution in [3.63, 3.8) is 0 Å². The molecule has 0 radical (unpaired) electrons. The lowest BCUT2D eigenvalue weighted by atomic mass is 9.98. The minimum absolute atomic E-state index is 0.169. The monoisotopic (exact) mass is 515 g/mol. The summed E-state index contributed by atoms with van der Waals surface area (Å²) < 4.78 is 62.0. The lowest BCUT2D eigenvalue weighted by Crippen LogP contribution is -2.49. The van der Waals surface area contributed by atoms with Gasteiger partial charge in [-0.1, -0.05) is 62.2 Å². The molecule has 12 heteroatoms. The Bertz CT molecular complexity index is 1230. The summed E-state index contributed by atoms with van der Waals surface area (Å²) in [5.74, 6) is -2.46. The zero-order chi connectivity index (χ0) is 25.3. The van der Waals surface area contributed by atoms with Crippen LogP contribution in [0.5, 0.6) is 0 Å². The number of carbonyl (C=O) groups excluding carboxylic acids is 2. The van der Waals surface area contributed by atoms with Crippen LogP contribution in [0.15, 0.2) is 53.5 Å². The first kappa shape index (κ1) is 25.7. The summed E-state index contributed by atoms with van der Waals surface area (Å²) in [5, 5.41) is 0.306. The second-order valence-electron chi connectivity index (χ2n) is 7.73. The number of aliphatic imine (C=N–C) groups is 1. The standard InChI is InChI=1S/C22H21ClF3N3O4S/c1-3-13(2)19-21(31)29(12-18(30)28-34(32,33)22(24,25)26)17-10-9-15(23)11-16(17)20(27-19)14-7-5-4-6-8-14/h4-11,13,19H,3,12H2,1-2H3,(H,28,30)/t13-,19?/m0/s1. The van der Waals surface area contributed by atoms with Crippen LogP contribution in [0.2, 0.25) is 5.02 Å². The fourth-order valence-electron chi connectivity index (χ4n) is 3.44. The molecule has 0 bridgehead atoms. The highest BCUT2D eigenvalue weighted by Gasteiger charge is 2.47. The number of benzene rings is 2. The summed E-state index contributed by atoms with van der Waals surface area (Å²) in [7, 11) is -5.93. The quantitative estimate of drug-likeness (QED) is 0.631. The van der Waals surface area contributed by atoms with Gasteiger partial charge in [0.1, 0.15) is 12.6 Å². The lowest BCUT2D eigenvalue weighted by molar-refractivity contribution is -0.124. The minimum atomic E-state index is -5.93. The van der Waals surface area contributed by atoms with E-state index in [9.17, 15) is 31.2 Å². The second-order valence-corrected chi connectivity index (χ2v) is 9.84.